The van der Waals surface area contributed by atoms with Crippen LogP contribution >= 0.6 is 0 Å². The number of piperazine rings is 1. The summed E-state index contributed by atoms with van der Waals surface area (Å²) in [5.74, 6) is 1.91. The van der Waals surface area contributed by atoms with E-state index < -0.39 is 0 Å². The van der Waals surface area contributed by atoms with Gasteiger partial charge in [-0.25, -0.2) is 0 Å². The maximum atomic E-state index is 3.67. The minimum atomic E-state index is 0.521. The van der Waals surface area contributed by atoms with E-state index in [4.69, 9.17) is 0 Å². The highest BCUT2D eigenvalue weighted by molar-refractivity contribution is 5.19. The molecule has 1 aliphatic heterocycles. The van der Waals surface area contributed by atoms with Crippen LogP contribution in [0, 0.1) is 11.8 Å². The lowest BCUT2D eigenvalue weighted by Gasteiger charge is -2.37. The van der Waals surface area contributed by atoms with Gasteiger partial charge in [-0.05, 0) is 30.2 Å². The first-order valence-electron chi connectivity index (χ1n) is 8.32. The summed E-state index contributed by atoms with van der Waals surface area (Å²) >= 11 is 0. The number of hydrogen-bond donors (Lipinski definition) is 1. The van der Waals surface area contributed by atoms with E-state index >= 15 is 0 Å². The van der Waals surface area contributed by atoms with Crippen molar-refractivity contribution in [2.75, 3.05) is 26.2 Å². The SMILES string of the molecule is CC1CCC(CN2CCNC(c3ccccc3)C2)CC1. The smallest absolute Gasteiger partial charge is 0.0449 e. The highest BCUT2D eigenvalue weighted by atomic mass is 15.2. The second kappa shape index (κ2) is 6.73. The maximum absolute atomic E-state index is 3.67. The molecule has 0 bridgehead atoms. The molecule has 1 saturated heterocycles. The molecule has 1 unspecified atom stereocenters. The fourth-order valence-corrected chi connectivity index (χ4v) is 3.76. The molecule has 3 rings (SSSR count). The largest absolute Gasteiger partial charge is 0.308 e. The molecule has 2 aliphatic rings. The minimum absolute atomic E-state index is 0.521. The summed E-state index contributed by atoms with van der Waals surface area (Å²) in [7, 11) is 0. The zero-order valence-electron chi connectivity index (χ0n) is 12.7. The van der Waals surface area contributed by atoms with E-state index in [9.17, 15) is 0 Å². The molecule has 20 heavy (non-hydrogen) atoms. The first-order valence-corrected chi connectivity index (χ1v) is 8.32. The van der Waals surface area contributed by atoms with Crippen LogP contribution in [0.2, 0.25) is 0 Å². The fraction of sp³-hybridized carbons (Fsp3) is 0.667. The molecule has 0 amide bonds. The second-order valence-electron chi connectivity index (χ2n) is 6.80. The van der Waals surface area contributed by atoms with E-state index in [1.54, 1.807) is 0 Å². The molecule has 0 aromatic heterocycles. The lowest BCUT2D eigenvalue weighted by molar-refractivity contribution is 0.147. The van der Waals surface area contributed by atoms with Gasteiger partial charge in [-0.3, -0.25) is 4.90 Å². The zero-order chi connectivity index (χ0) is 13.8. The van der Waals surface area contributed by atoms with Crippen molar-refractivity contribution in [2.24, 2.45) is 11.8 Å². The number of nitrogens with one attached hydrogen (secondary N) is 1. The second-order valence-corrected chi connectivity index (χ2v) is 6.80. The lowest BCUT2D eigenvalue weighted by atomic mass is 9.82. The van der Waals surface area contributed by atoms with E-state index in [1.165, 1.54) is 50.9 Å². The molecule has 1 N–H and O–H groups in total. The van der Waals surface area contributed by atoms with Crippen LogP contribution in [0.15, 0.2) is 30.3 Å². The van der Waals surface area contributed by atoms with Crippen molar-refractivity contribution in [3.63, 3.8) is 0 Å². The quantitative estimate of drug-likeness (QED) is 0.906. The van der Waals surface area contributed by atoms with Gasteiger partial charge >= 0.3 is 0 Å². The molecular weight excluding hydrogens is 244 g/mol. The molecule has 1 atom stereocenters. The number of rotatable bonds is 3. The highest BCUT2D eigenvalue weighted by Crippen LogP contribution is 2.29. The van der Waals surface area contributed by atoms with Crippen molar-refractivity contribution in [1.82, 2.24) is 10.2 Å². The highest BCUT2D eigenvalue weighted by Gasteiger charge is 2.25. The molecule has 1 aromatic rings. The lowest BCUT2D eigenvalue weighted by Crippen LogP contribution is -2.47. The maximum Gasteiger partial charge on any atom is 0.0449 e. The van der Waals surface area contributed by atoms with Gasteiger partial charge in [0.2, 0.25) is 0 Å². The Bertz CT molecular complexity index is 395. The van der Waals surface area contributed by atoms with Gasteiger partial charge in [-0.1, -0.05) is 50.1 Å². The Balaban J connectivity index is 1.53. The first kappa shape index (κ1) is 14.1. The minimum Gasteiger partial charge on any atom is -0.308 e. The van der Waals surface area contributed by atoms with Gasteiger partial charge in [-0.15, -0.1) is 0 Å². The summed E-state index contributed by atoms with van der Waals surface area (Å²) in [5, 5.41) is 3.67. The Morgan fingerprint density at radius 2 is 1.85 bits per heavy atom. The van der Waals surface area contributed by atoms with Gasteiger partial charge in [0.15, 0.2) is 0 Å². The normalized spacial score (nSPS) is 32.1. The van der Waals surface area contributed by atoms with E-state index in [2.05, 4.69) is 47.5 Å². The average Bonchev–Trinajstić information content (AvgIpc) is 2.51. The average molecular weight is 272 g/mol. The number of benzene rings is 1. The van der Waals surface area contributed by atoms with Gasteiger partial charge < -0.3 is 5.32 Å². The van der Waals surface area contributed by atoms with Crippen LogP contribution < -0.4 is 5.32 Å². The third-order valence-electron chi connectivity index (χ3n) is 5.11. The molecule has 110 valence electrons. The zero-order valence-corrected chi connectivity index (χ0v) is 12.7. The van der Waals surface area contributed by atoms with Crippen LogP contribution in [0.25, 0.3) is 0 Å². The summed E-state index contributed by atoms with van der Waals surface area (Å²) in [6.45, 7) is 7.25. The van der Waals surface area contributed by atoms with Gasteiger partial charge in [0.25, 0.3) is 0 Å². The molecule has 1 heterocycles. The summed E-state index contributed by atoms with van der Waals surface area (Å²) < 4.78 is 0. The fourth-order valence-electron chi connectivity index (χ4n) is 3.76. The van der Waals surface area contributed by atoms with Crippen LogP contribution in [-0.4, -0.2) is 31.1 Å². The molecule has 0 spiro atoms. The van der Waals surface area contributed by atoms with Crippen molar-refractivity contribution in [2.45, 2.75) is 38.6 Å². The summed E-state index contributed by atoms with van der Waals surface area (Å²) in [6.07, 6.45) is 5.78. The first-order chi connectivity index (χ1) is 9.81. The molecule has 2 nitrogen and oxygen atoms in total. The summed E-state index contributed by atoms with van der Waals surface area (Å²) in [4.78, 5) is 2.69. The van der Waals surface area contributed by atoms with Crippen molar-refractivity contribution >= 4 is 0 Å². The van der Waals surface area contributed by atoms with Gasteiger partial charge in [-0.2, -0.15) is 0 Å². The Hall–Kier alpha value is -0.860. The van der Waals surface area contributed by atoms with E-state index in [0.29, 0.717) is 6.04 Å². The van der Waals surface area contributed by atoms with Crippen molar-refractivity contribution in [3.8, 4) is 0 Å². The molecule has 1 saturated carbocycles. The van der Waals surface area contributed by atoms with Crippen LogP contribution in [0.3, 0.4) is 0 Å². The summed E-state index contributed by atoms with van der Waals surface area (Å²) in [5.41, 5.74) is 1.44. The molecule has 2 heteroatoms. The van der Waals surface area contributed by atoms with Gasteiger partial charge in [0.1, 0.15) is 0 Å². The Kier molecular flexibility index (Phi) is 4.74. The van der Waals surface area contributed by atoms with E-state index in [-0.39, 0.29) is 0 Å². The summed E-state index contributed by atoms with van der Waals surface area (Å²) in [6, 6.07) is 11.4. The number of nitrogens with zero attached hydrogens (tertiary/aromatic N) is 1. The molecule has 2 fully saturated rings. The third kappa shape index (κ3) is 3.62. The molecule has 0 radical (unpaired) electrons. The third-order valence-corrected chi connectivity index (χ3v) is 5.11. The standard InChI is InChI=1S/C18H28N2/c1-15-7-9-16(10-8-15)13-20-12-11-19-18(14-20)17-5-3-2-4-6-17/h2-6,15-16,18-19H,7-14H2,1H3. The van der Waals surface area contributed by atoms with Crippen molar-refractivity contribution < 1.29 is 0 Å². The van der Waals surface area contributed by atoms with Crippen LogP contribution in [-0.2, 0) is 0 Å². The molecular formula is C18H28N2. The molecule has 1 aromatic carbocycles. The van der Waals surface area contributed by atoms with Crippen LogP contribution in [0.4, 0.5) is 0 Å². The Morgan fingerprint density at radius 3 is 2.60 bits per heavy atom. The Labute approximate surface area is 123 Å². The monoisotopic (exact) mass is 272 g/mol. The van der Waals surface area contributed by atoms with Crippen LogP contribution in [0.5, 0.6) is 0 Å². The number of hydrogen-bond acceptors (Lipinski definition) is 2. The van der Waals surface area contributed by atoms with E-state index in [1.807, 2.05) is 0 Å². The molecule has 1 aliphatic carbocycles. The Morgan fingerprint density at radius 1 is 1.10 bits per heavy atom. The predicted octanol–water partition coefficient (Wildman–Crippen LogP) is 3.46. The van der Waals surface area contributed by atoms with Crippen molar-refractivity contribution in [3.05, 3.63) is 35.9 Å². The van der Waals surface area contributed by atoms with Gasteiger partial charge in [0, 0.05) is 32.2 Å². The topological polar surface area (TPSA) is 15.3 Å². The van der Waals surface area contributed by atoms with E-state index in [0.717, 1.165) is 18.4 Å². The van der Waals surface area contributed by atoms with Crippen molar-refractivity contribution in [1.29, 1.82) is 0 Å². The van der Waals surface area contributed by atoms with Gasteiger partial charge in [0.05, 0.1) is 0 Å². The van der Waals surface area contributed by atoms with Crippen LogP contribution in [0.1, 0.15) is 44.2 Å². The predicted molar refractivity (Wildman–Crippen MR) is 84.7 cm³/mol.